The molecule has 2 aromatic rings. The number of aromatic amines is 1. The van der Waals surface area contributed by atoms with E-state index in [4.69, 9.17) is 5.11 Å². The number of hydrogen-bond acceptors (Lipinski definition) is 4. The van der Waals surface area contributed by atoms with E-state index < -0.39 is 11.9 Å². The summed E-state index contributed by atoms with van der Waals surface area (Å²) in [6, 6.07) is 7.07. The molecule has 22 heavy (non-hydrogen) atoms. The number of nitrogens with zero attached hydrogens (tertiary/aromatic N) is 3. The molecular weight excluding hydrogens is 284 g/mol. The van der Waals surface area contributed by atoms with E-state index in [2.05, 4.69) is 15.2 Å². The van der Waals surface area contributed by atoms with Gasteiger partial charge in [-0.05, 0) is 25.5 Å². The van der Waals surface area contributed by atoms with Crippen LogP contribution in [-0.4, -0.2) is 50.2 Å². The minimum Gasteiger partial charge on any atom is -0.481 e. The van der Waals surface area contributed by atoms with Crippen molar-refractivity contribution < 1.29 is 14.7 Å². The highest BCUT2D eigenvalue weighted by Crippen LogP contribution is 2.21. The fourth-order valence-electron chi connectivity index (χ4n) is 2.59. The summed E-state index contributed by atoms with van der Waals surface area (Å²) in [5.74, 6) is -0.228. The molecule has 0 radical (unpaired) electrons. The minimum absolute atomic E-state index is 0.155. The van der Waals surface area contributed by atoms with Gasteiger partial charge >= 0.3 is 5.97 Å². The smallest absolute Gasteiger partial charge is 0.308 e. The van der Waals surface area contributed by atoms with E-state index >= 15 is 0 Å². The fraction of sp³-hybridized carbons (Fsp3) is 0.333. The van der Waals surface area contributed by atoms with E-state index in [-0.39, 0.29) is 12.5 Å². The average molecular weight is 300 g/mol. The first-order valence-electron chi connectivity index (χ1n) is 7.06. The largest absolute Gasteiger partial charge is 0.481 e. The third kappa shape index (κ3) is 2.69. The molecule has 1 saturated heterocycles. The Bertz CT molecular complexity index is 725. The quantitative estimate of drug-likeness (QED) is 0.890. The lowest BCUT2D eigenvalue weighted by molar-refractivity contribution is -0.141. The Balaban J connectivity index is 1.80. The monoisotopic (exact) mass is 300 g/mol. The molecule has 1 amide bonds. The maximum atomic E-state index is 12.5. The summed E-state index contributed by atoms with van der Waals surface area (Å²) in [4.78, 5) is 29.3. The van der Waals surface area contributed by atoms with Gasteiger partial charge in [0.15, 0.2) is 5.82 Å². The van der Waals surface area contributed by atoms with E-state index in [0.29, 0.717) is 30.2 Å². The van der Waals surface area contributed by atoms with Crippen molar-refractivity contribution in [2.24, 2.45) is 5.92 Å². The molecule has 1 aliphatic rings. The van der Waals surface area contributed by atoms with Crippen molar-refractivity contribution in [2.75, 3.05) is 13.1 Å². The van der Waals surface area contributed by atoms with Gasteiger partial charge in [0.2, 0.25) is 0 Å². The van der Waals surface area contributed by atoms with Gasteiger partial charge in [0.1, 0.15) is 5.82 Å². The molecule has 1 fully saturated rings. The zero-order valence-corrected chi connectivity index (χ0v) is 12.1. The van der Waals surface area contributed by atoms with Crippen LogP contribution >= 0.6 is 0 Å². The molecule has 2 N–H and O–H groups in total. The standard InChI is InChI=1S/C15H16N4O3/c1-9-16-13(18-17-9)10-3-2-4-11(7-10)14(20)19-6-5-12(8-19)15(21)22/h2-4,7,12H,5-6,8H2,1H3,(H,21,22)(H,16,17,18). The van der Waals surface area contributed by atoms with E-state index in [1.165, 1.54) is 0 Å². The lowest BCUT2D eigenvalue weighted by Crippen LogP contribution is -2.29. The predicted octanol–water partition coefficient (Wildman–Crippen LogP) is 1.33. The lowest BCUT2D eigenvalue weighted by atomic mass is 10.1. The van der Waals surface area contributed by atoms with Crippen LogP contribution in [0.2, 0.25) is 0 Å². The molecule has 0 saturated carbocycles. The normalized spacial score (nSPS) is 17.7. The lowest BCUT2D eigenvalue weighted by Gasteiger charge is -2.16. The molecule has 1 unspecified atom stereocenters. The zero-order valence-electron chi connectivity index (χ0n) is 12.1. The molecule has 7 nitrogen and oxygen atoms in total. The predicted molar refractivity (Wildman–Crippen MR) is 78.2 cm³/mol. The molecule has 2 heterocycles. The third-order valence-corrected chi connectivity index (χ3v) is 3.79. The fourth-order valence-corrected chi connectivity index (χ4v) is 2.59. The van der Waals surface area contributed by atoms with Gasteiger partial charge in [-0.1, -0.05) is 12.1 Å². The van der Waals surface area contributed by atoms with Gasteiger partial charge in [-0.2, -0.15) is 5.10 Å². The van der Waals surface area contributed by atoms with Crippen LogP contribution in [0.15, 0.2) is 24.3 Å². The number of aliphatic carboxylic acids is 1. The topological polar surface area (TPSA) is 99.2 Å². The Morgan fingerprint density at radius 1 is 1.41 bits per heavy atom. The summed E-state index contributed by atoms with van der Waals surface area (Å²) in [7, 11) is 0. The number of hydrogen-bond donors (Lipinski definition) is 2. The highest BCUT2D eigenvalue weighted by molar-refractivity contribution is 5.95. The van der Waals surface area contributed by atoms with Crippen LogP contribution in [0.5, 0.6) is 0 Å². The number of carboxylic acids is 1. The highest BCUT2D eigenvalue weighted by Gasteiger charge is 2.31. The van der Waals surface area contributed by atoms with Gasteiger partial charge in [0.05, 0.1) is 5.92 Å². The minimum atomic E-state index is -0.847. The van der Waals surface area contributed by atoms with Crippen molar-refractivity contribution in [3.05, 3.63) is 35.7 Å². The number of amides is 1. The van der Waals surface area contributed by atoms with E-state index in [9.17, 15) is 9.59 Å². The number of carboxylic acid groups (broad SMARTS) is 1. The molecule has 1 aromatic heterocycles. The Kier molecular flexibility index (Phi) is 3.62. The summed E-state index contributed by atoms with van der Waals surface area (Å²) in [5, 5.41) is 15.9. The first-order chi connectivity index (χ1) is 10.5. The molecule has 0 spiro atoms. The molecular formula is C15H16N4O3. The maximum Gasteiger partial charge on any atom is 0.308 e. The van der Waals surface area contributed by atoms with Crippen LogP contribution in [0.1, 0.15) is 22.6 Å². The van der Waals surface area contributed by atoms with Crippen LogP contribution in [-0.2, 0) is 4.79 Å². The second-order valence-corrected chi connectivity index (χ2v) is 5.40. The molecule has 1 atom stereocenters. The molecule has 0 aliphatic carbocycles. The summed E-state index contributed by atoms with van der Waals surface area (Å²) >= 11 is 0. The summed E-state index contributed by atoms with van der Waals surface area (Å²) in [5.41, 5.74) is 1.27. The van der Waals surface area contributed by atoms with Crippen molar-refractivity contribution in [1.29, 1.82) is 0 Å². The van der Waals surface area contributed by atoms with Crippen molar-refractivity contribution in [1.82, 2.24) is 20.1 Å². The van der Waals surface area contributed by atoms with Gasteiger partial charge in [-0.3, -0.25) is 14.7 Å². The highest BCUT2D eigenvalue weighted by atomic mass is 16.4. The summed E-state index contributed by atoms with van der Waals surface area (Å²) < 4.78 is 0. The third-order valence-electron chi connectivity index (χ3n) is 3.79. The van der Waals surface area contributed by atoms with Crippen LogP contribution in [0, 0.1) is 12.8 Å². The summed E-state index contributed by atoms with van der Waals surface area (Å²) in [6.07, 6.45) is 0.501. The van der Waals surface area contributed by atoms with Gasteiger partial charge < -0.3 is 10.0 Å². The van der Waals surface area contributed by atoms with Gasteiger partial charge in [0.25, 0.3) is 5.91 Å². The number of aromatic nitrogens is 3. The second-order valence-electron chi connectivity index (χ2n) is 5.40. The number of H-pyrrole nitrogens is 1. The van der Waals surface area contributed by atoms with Crippen molar-refractivity contribution in [3.63, 3.8) is 0 Å². The van der Waals surface area contributed by atoms with Crippen molar-refractivity contribution >= 4 is 11.9 Å². The maximum absolute atomic E-state index is 12.5. The first kappa shape index (κ1) is 14.2. The number of aryl methyl sites for hydroxylation is 1. The van der Waals surface area contributed by atoms with Crippen molar-refractivity contribution in [3.8, 4) is 11.4 Å². The summed E-state index contributed by atoms with van der Waals surface area (Å²) in [6.45, 7) is 2.54. The van der Waals surface area contributed by atoms with Crippen LogP contribution in [0.4, 0.5) is 0 Å². The van der Waals surface area contributed by atoms with E-state index in [0.717, 1.165) is 5.56 Å². The number of carbonyl (C=O) groups excluding carboxylic acids is 1. The number of likely N-dealkylation sites (tertiary alicyclic amines) is 1. The van der Waals surface area contributed by atoms with Gasteiger partial charge in [-0.25, -0.2) is 4.98 Å². The molecule has 0 bridgehead atoms. The molecule has 1 aliphatic heterocycles. The van der Waals surface area contributed by atoms with Crippen LogP contribution < -0.4 is 0 Å². The number of benzene rings is 1. The Hall–Kier alpha value is -2.70. The molecule has 1 aromatic carbocycles. The van der Waals surface area contributed by atoms with Crippen LogP contribution in [0.3, 0.4) is 0 Å². The first-order valence-corrected chi connectivity index (χ1v) is 7.06. The zero-order chi connectivity index (χ0) is 15.7. The Morgan fingerprint density at radius 2 is 2.23 bits per heavy atom. The van der Waals surface area contributed by atoms with Gasteiger partial charge in [0, 0.05) is 24.2 Å². The Labute approximate surface area is 127 Å². The average Bonchev–Trinajstić information content (AvgIpc) is 3.15. The SMILES string of the molecule is Cc1nc(-c2cccc(C(=O)N3CCC(C(=O)O)C3)c2)n[nH]1. The Morgan fingerprint density at radius 3 is 2.86 bits per heavy atom. The van der Waals surface area contributed by atoms with E-state index in [1.807, 2.05) is 13.0 Å². The molecule has 7 heteroatoms. The van der Waals surface area contributed by atoms with E-state index in [1.54, 1.807) is 23.1 Å². The molecule has 114 valence electrons. The van der Waals surface area contributed by atoms with Crippen LogP contribution in [0.25, 0.3) is 11.4 Å². The molecule has 3 rings (SSSR count). The van der Waals surface area contributed by atoms with Crippen molar-refractivity contribution in [2.45, 2.75) is 13.3 Å². The number of nitrogens with one attached hydrogen (secondary N) is 1. The van der Waals surface area contributed by atoms with Gasteiger partial charge in [-0.15, -0.1) is 0 Å². The number of rotatable bonds is 3. The number of carbonyl (C=O) groups is 2. The second kappa shape index (κ2) is 5.59.